The zero-order valence-corrected chi connectivity index (χ0v) is 16.1. The Morgan fingerprint density at radius 3 is 2.68 bits per heavy atom. The Morgan fingerprint density at radius 2 is 1.93 bits per heavy atom. The molecule has 0 bridgehead atoms. The van der Waals surface area contributed by atoms with Crippen LogP contribution in [0.5, 0.6) is 0 Å². The highest BCUT2D eigenvalue weighted by Gasteiger charge is 2.11. The topological polar surface area (TPSA) is 65.7 Å². The van der Waals surface area contributed by atoms with Crippen LogP contribution in [0, 0.1) is 0 Å². The Balaban J connectivity index is 1.69. The molecular formula is C21H20ClN5O. The molecule has 6 nitrogen and oxygen atoms in total. The van der Waals surface area contributed by atoms with E-state index in [9.17, 15) is 0 Å². The maximum atomic E-state index is 9.09. The van der Waals surface area contributed by atoms with E-state index in [0.717, 1.165) is 28.3 Å². The van der Waals surface area contributed by atoms with Gasteiger partial charge in [0.1, 0.15) is 0 Å². The van der Waals surface area contributed by atoms with Crippen molar-refractivity contribution < 1.29 is 5.11 Å². The van der Waals surface area contributed by atoms with Crippen LogP contribution in [0.4, 0.5) is 17.2 Å². The summed E-state index contributed by atoms with van der Waals surface area (Å²) in [5.74, 6) is 0.652. The standard InChI is InChI=1S/C21H20ClN5O/c1-26(12-13-28)16-8-6-15(7-9-16)24-20-21-23-10-11-27(21)14-19(25-20)17-4-2-3-5-18(17)22/h2-11,14,28H,12-13H2,1H3,(H,24,25). The molecule has 0 fully saturated rings. The molecule has 4 rings (SSSR count). The number of anilines is 3. The van der Waals surface area contributed by atoms with E-state index in [2.05, 4.69) is 10.3 Å². The Labute approximate surface area is 168 Å². The molecule has 28 heavy (non-hydrogen) atoms. The number of aliphatic hydroxyl groups is 1. The third kappa shape index (κ3) is 3.65. The van der Waals surface area contributed by atoms with Crippen LogP contribution >= 0.6 is 11.6 Å². The van der Waals surface area contributed by atoms with Crippen LogP contribution in [0.1, 0.15) is 0 Å². The second kappa shape index (κ2) is 7.88. The third-order valence-corrected chi connectivity index (χ3v) is 4.86. The average molecular weight is 394 g/mol. The molecule has 7 heteroatoms. The number of imidazole rings is 1. The second-order valence-electron chi connectivity index (χ2n) is 6.43. The van der Waals surface area contributed by atoms with E-state index < -0.39 is 0 Å². The maximum absolute atomic E-state index is 9.09. The molecule has 2 aromatic heterocycles. The fraction of sp³-hybridized carbons (Fsp3) is 0.143. The number of halogens is 1. The Hall–Kier alpha value is -3.09. The van der Waals surface area contributed by atoms with Gasteiger partial charge in [-0.15, -0.1) is 0 Å². The van der Waals surface area contributed by atoms with E-state index in [1.807, 2.05) is 77.3 Å². The SMILES string of the molecule is CN(CCO)c1ccc(Nc2nc(-c3ccccc3Cl)cn3ccnc23)cc1. The summed E-state index contributed by atoms with van der Waals surface area (Å²) in [7, 11) is 1.95. The number of aromatic nitrogens is 3. The molecule has 142 valence electrons. The monoisotopic (exact) mass is 393 g/mol. The lowest BCUT2D eigenvalue weighted by molar-refractivity contribution is 0.304. The summed E-state index contributed by atoms with van der Waals surface area (Å²) >= 11 is 6.36. The van der Waals surface area contributed by atoms with Gasteiger partial charge in [0.05, 0.1) is 17.3 Å². The fourth-order valence-corrected chi connectivity index (χ4v) is 3.26. The zero-order chi connectivity index (χ0) is 19.5. The summed E-state index contributed by atoms with van der Waals surface area (Å²) in [5.41, 5.74) is 4.29. The van der Waals surface area contributed by atoms with Crippen LogP contribution in [-0.2, 0) is 0 Å². The fourth-order valence-electron chi connectivity index (χ4n) is 3.03. The minimum atomic E-state index is 0.118. The first-order chi connectivity index (χ1) is 13.7. The minimum absolute atomic E-state index is 0.118. The van der Waals surface area contributed by atoms with Crippen LogP contribution in [0.25, 0.3) is 16.9 Å². The third-order valence-electron chi connectivity index (χ3n) is 4.53. The lowest BCUT2D eigenvalue weighted by Crippen LogP contribution is -2.20. The van der Waals surface area contributed by atoms with Crippen molar-refractivity contribution in [2.24, 2.45) is 0 Å². The lowest BCUT2D eigenvalue weighted by atomic mass is 10.1. The summed E-state index contributed by atoms with van der Waals surface area (Å²) in [6.07, 6.45) is 5.54. The number of rotatable bonds is 6. The van der Waals surface area contributed by atoms with Crippen LogP contribution in [0.3, 0.4) is 0 Å². The van der Waals surface area contributed by atoms with Gasteiger partial charge in [0, 0.05) is 49.1 Å². The summed E-state index contributed by atoms with van der Waals surface area (Å²) in [6.45, 7) is 0.704. The van der Waals surface area contributed by atoms with Crippen molar-refractivity contribution in [1.29, 1.82) is 0 Å². The first kappa shape index (κ1) is 18.3. The van der Waals surface area contributed by atoms with Crippen LogP contribution in [-0.4, -0.2) is 39.7 Å². The number of hydrogen-bond donors (Lipinski definition) is 2. The Kier molecular flexibility index (Phi) is 5.14. The highest BCUT2D eigenvalue weighted by molar-refractivity contribution is 6.33. The van der Waals surface area contributed by atoms with Crippen LogP contribution < -0.4 is 10.2 Å². The molecule has 0 saturated carbocycles. The molecule has 2 N–H and O–H groups in total. The number of benzene rings is 2. The van der Waals surface area contributed by atoms with Crippen molar-refractivity contribution in [3.8, 4) is 11.3 Å². The summed E-state index contributed by atoms with van der Waals surface area (Å²) < 4.78 is 1.93. The molecule has 0 atom stereocenters. The molecule has 0 radical (unpaired) electrons. The summed E-state index contributed by atoms with van der Waals surface area (Å²) in [5, 5.41) is 13.1. The van der Waals surface area contributed by atoms with E-state index in [1.165, 1.54) is 0 Å². The normalized spacial score (nSPS) is 11.0. The molecule has 0 aliphatic heterocycles. The molecule has 2 aromatic carbocycles. The number of nitrogens with zero attached hydrogens (tertiary/aromatic N) is 4. The highest BCUT2D eigenvalue weighted by atomic mass is 35.5. The predicted molar refractivity (Wildman–Crippen MR) is 114 cm³/mol. The van der Waals surface area contributed by atoms with Gasteiger partial charge >= 0.3 is 0 Å². The molecule has 0 amide bonds. The average Bonchev–Trinajstić information content (AvgIpc) is 3.18. The quantitative estimate of drug-likeness (QED) is 0.513. The van der Waals surface area contributed by atoms with Gasteiger partial charge in [0.2, 0.25) is 0 Å². The van der Waals surface area contributed by atoms with Gasteiger partial charge in [-0.1, -0.05) is 29.8 Å². The minimum Gasteiger partial charge on any atom is -0.395 e. The van der Waals surface area contributed by atoms with Gasteiger partial charge in [0.15, 0.2) is 11.5 Å². The number of aliphatic hydroxyl groups excluding tert-OH is 1. The Bertz CT molecular complexity index is 1090. The number of hydrogen-bond acceptors (Lipinski definition) is 5. The number of likely N-dealkylation sites (N-methyl/N-ethyl adjacent to an activating group) is 1. The van der Waals surface area contributed by atoms with Gasteiger partial charge in [0.25, 0.3) is 0 Å². The van der Waals surface area contributed by atoms with Gasteiger partial charge in [-0.25, -0.2) is 9.97 Å². The largest absolute Gasteiger partial charge is 0.395 e. The Morgan fingerprint density at radius 1 is 1.14 bits per heavy atom. The van der Waals surface area contributed by atoms with E-state index in [1.54, 1.807) is 6.20 Å². The van der Waals surface area contributed by atoms with Gasteiger partial charge in [-0.05, 0) is 30.3 Å². The molecule has 0 spiro atoms. The van der Waals surface area contributed by atoms with Crippen molar-refractivity contribution >= 4 is 34.4 Å². The molecular weight excluding hydrogens is 374 g/mol. The van der Waals surface area contributed by atoms with E-state index in [-0.39, 0.29) is 6.61 Å². The second-order valence-corrected chi connectivity index (χ2v) is 6.84. The van der Waals surface area contributed by atoms with Crippen molar-refractivity contribution in [2.45, 2.75) is 0 Å². The van der Waals surface area contributed by atoms with Crippen LogP contribution in [0.2, 0.25) is 5.02 Å². The van der Waals surface area contributed by atoms with E-state index in [0.29, 0.717) is 17.4 Å². The van der Waals surface area contributed by atoms with Gasteiger partial charge in [-0.3, -0.25) is 0 Å². The first-order valence-electron chi connectivity index (χ1n) is 8.93. The maximum Gasteiger partial charge on any atom is 0.180 e. The van der Waals surface area contributed by atoms with E-state index >= 15 is 0 Å². The van der Waals surface area contributed by atoms with Gasteiger partial charge in [-0.2, -0.15) is 0 Å². The number of fused-ring (bicyclic) bond motifs is 1. The van der Waals surface area contributed by atoms with Crippen molar-refractivity contribution in [1.82, 2.24) is 14.4 Å². The first-order valence-corrected chi connectivity index (χ1v) is 9.31. The smallest absolute Gasteiger partial charge is 0.180 e. The zero-order valence-electron chi connectivity index (χ0n) is 15.4. The van der Waals surface area contributed by atoms with Crippen molar-refractivity contribution in [3.05, 3.63) is 72.1 Å². The highest BCUT2D eigenvalue weighted by Crippen LogP contribution is 2.29. The van der Waals surface area contributed by atoms with Crippen molar-refractivity contribution in [2.75, 3.05) is 30.4 Å². The lowest BCUT2D eigenvalue weighted by Gasteiger charge is -2.18. The van der Waals surface area contributed by atoms with Gasteiger partial charge < -0.3 is 19.7 Å². The predicted octanol–water partition coefficient (Wildman–Crippen LogP) is 4.22. The molecule has 0 saturated heterocycles. The molecule has 2 heterocycles. The molecule has 0 aliphatic rings. The van der Waals surface area contributed by atoms with Crippen molar-refractivity contribution in [3.63, 3.8) is 0 Å². The summed E-state index contributed by atoms with van der Waals surface area (Å²) in [4.78, 5) is 11.2. The summed E-state index contributed by atoms with van der Waals surface area (Å²) in [6, 6.07) is 15.6. The molecule has 0 unspecified atom stereocenters. The van der Waals surface area contributed by atoms with Crippen LogP contribution in [0.15, 0.2) is 67.1 Å². The number of nitrogens with one attached hydrogen (secondary N) is 1. The van der Waals surface area contributed by atoms with E-state index in [4.69, 9.17) is 21.7 Å². The molecule has 4 aromatic rings. The molecule has 0 aliphatic carbocycles.